The van der Waals surface area contributed by atoms with Gasteiger partial charge in [0.1, 0.15) is 0 Å². The van der Waals surface area contributed by atoms with Gasteiger partial charge in [0.25, 0.3) is 0 Å². The van der Waals surface area contributed by atoms with Crippen LogP contribution < -0.4 is 4.72 Å². The van der Waals surface area contributed by atoms with Gasteiger partial charge in [-0.15, -0.1) is 0 Å². The summed E-state index contributed by atoms with van der Waals surface area (Å²) in [6.07, 6.45) is 0.542. The smallest absolute Gasteiger partial charge is 0.255 e. The van der Waals surface area contributed by atoms with E-state index in [1.807, 2.05) is 6.92 Å². The molecule has 0 aromatic rings. The van der Waals surface area contributed by atoms with Crippen molar-refractivity contribution in [2.75, 3.05) is 0 Å². The van der Waals surface area contributed by atoms with Crippen LogP contribution in [0.2, 0.25) is 0 Å². The van der Waals surface area contributed by atoms with Crippen LogP contribution in [0.4, 0.5) is 0 Å². The monoisotopic (exact) mass is 165 g/mol. The van der Waals surface area contributed by atoms with Gasteiger partial charge in [0.05, 0.1) is 6.10 Å². The first-order valence-electron chi connectivity index (χ1n) is 3.20. The Bertz CT molecular complexity index is 195. The molecule has 0 unspecified atom stereocenters. The van der Waals surface area contributed by atoms with Gasteiger partial charge in [-0.05, 0) is 20.3 Å². The number of hydrogen-bond donors (Lipinski definition) is 1. The van der Waals surface area contributed by atoms with Gasteiger partial charge in [-0.2, -0.15) is 13.1 Å². The second-order valence-electron chi connectivity index (χ2n) is 2.62. The van der Waals surface area contributed by atoms with E-state index in [0.717, 1.165) is 6.42 Å². The maximum absolute atomic E-state index is 10.7. The molecule has 10 heavy (non-hydrogen) atoms. The molecule has 1 aliphatic rings. The Labute approximate surface area is 60.8 Å². The summed E-state index contributed by atoms with van der Waals surface area (Å²) in [7, 11) is -3.43. The summed E-state index contributed by atoms with van der Waals surface area (Å²) in [4.78, 5) is 0. The third-order valence-electron chi connectivity index (χ3n) is 1.32. The minimum atomic E-state index is -3.43. The lowest BCUT2D eigenvalue weighted by Crippen LogP contribution is -2.43. The van der Waals surface area contributed by atoms with Crippen molar-refractivity contribution in [3.8, 4) is 0 Å². The predicted octanol–water partition coefficient (Wildman–Crippen LogP) is 0.0181. The molecular weight excluding hydrogens is 154 g/mol. The van der Waals surface area contributed by atoms with Gasteiger partial charge >= 0.3 is 10.3 Å². The van der Waals surface area contributed by atoms with Crippen molar-refractivity contribution in [3.63, 3.8) is 0 Å². The lowest BCUT2D eigenvalue weighted by Gasteiger charge is -2.24. The molecule has 1 saturated heterocycles. The SMILES string of the molecule is C[C@H]1C[C@H](C)OS(=O)(=O)N1. The number of hydrogen-bond acceptors (Lipinski definition) is 3. The zero-order valence-corrected chi connectivity index (χ0v) is 6.81. The Hall–Kier alpha value is -0.130. The normalized spacial score (nSPS) is 39.4. The highest BCUT2D eigenvalue weighted by atomic mass is 32.2. The van der Waals surface area contributed by atoms with Gasteiger partial charge in [-0.1, -0.05) is 0 Å². The predicted molar refractivity (Wildman–Crippen MR) is 36.7 cm³/mol. The van der Waals surface area contributed by atoms with Gasteiger partial charge < -0.3 is 0 Å². The number of rotatable bonds is 0. The molecule has 0 aromatic carbocycles. The molecule has 0 saturated carbocycles. The van der Waals surface area contributed by atoms with E-state index in [-0.39, 0.29) is 12.1 Å². The van der Waals surface area contributed by atoms with E-state index in [2.05, 4.69) is 8.91 Å². The molecule has 1 N–H and O–H groups in total. The number of nitrogens with one attached hydrogen (secondary N) is 1. The molecule has 1 rings (SSSR count). The molecule has 0 spiro atoms. The van der Waals surface area contributed by atoms with Crippen molar-refractivity contribution in [2.45, 2.75) is 32.4 Å². The van der Waals surface area contributed by atoms with E-state index >= 15 is 0 Å². The van der Waals surface area contributed by atoms with Crippen molar-refractivity contribution in [3.05, 3.63) is 0 Å². The fourth-order valence-electron chi connectivity index (χ4n) is 1.08. The minimum absolute atomic E-state index is 0.00579. The molecular formula is C5H11NO3S. The third kappa shape index (κ3) is 1.93. The first-order chi connectivity index (χ1) is 4.49. The molecule has 0 amide bonds. The first kappa shape index (κ1) is 7.97. The maximum Gasteiger partial charge on any atom is 0.336 e. The molecule has 0 aliphatic carbocycles. The van der Waals surface area contributed by atoms with Crippen molar-refractivity contribution >= 4 is 10.3 Å². The lowest BCUT2D eigenvalue weighted by molar-refractivity contribution is 0.178. The Morgan fingerprint density at radius 2 is 2.10 bits per heavy atom. The van der Waals surface area contributed by atoms with Crippen LogP contribution in [0.5, 0.6) is 0 Å². The molecule has 60 valence electrons. The average molecular weight is 165 g/mol. The highest BCUT2D eigenvalue weighted by Gasteiger charge is 2.25. The molecule has 0 radical (unpaired) electrons. The van der Waals surface area contributed by atoms with E-state index in [0.29, 0.717) is 0 Å². The highest BCUT2D eigenvalue weighted by Crippen LogP contribution is 2.11. The average Bonchev–Trinajstić information content (AvgIpc) is 1.54. The summed E-state index contributed by atoms with van der Waals surface area (Å²) in [5.74, 6) is 0. The second kappa shape index (κ2) is 2.48. The van der Waals surface area contributed by atoms with Crippen molar-refractivity contribution in [2.24, 2.45) is 0 Å². The fourth-order valence-corrected chi connectivity index (χ4v) is 2.23. The van der Waals surface area contributed by atoms with Crippen LogP contribution in [0.25, 0.3) is 0 Å². The minimum Gasteiger partial charge on any atom is -0.255 e. The molecule has 0 bridgehead atoms. The Morgan fingerprint density at radius 1 is 1.50 bits per heavy atom. The van der Waals surface area contributed by atoms with Crippen LogP contribution in [-0.2, 0) is 14.5 Å². The van der Waals surface area contributed by atoms with Crippen molar-refractivity contribution in [1.82, 2.24) is 4.72 Å². The fraction of sp³-hybridized carbons (Fsp3) is 1.00. The van der Waals surface area contributed by atoms with Crippen LogP contribution in [0.3, 0.4) is 0 Å². The van der Waals surface area contributed by atoms with Crippen LogP contribution >= 0.6 is 0 Å². The summed E-state index contributed by atoms with van der Waals surface area (Å²) >= 11 is 0. The summed E-state index contributed by atoms with van der Waals surface area (Å²) in [6.45, 7) is 3.56. The largest absolute Gasteiger partial charge is 0.336 e. The van der Waals surface area contributed by atoms with Gasteiger partial charge in [0, 0.05) is 6.04 Å². The zero-order valence-electron chi connectivity index (χ0n) is 5.99. The van der Waals surface area contributed by atoms with Gasteiger partial charge in [0.15, 0.2) is 0 Å². The lowest BCUT2D eigenvalue weighted by atomic mass is 10.2. The maximum atomic E-state index is 10.7. The van der Waals surface area contributed by atoms with E-state index in [9.17, 15) is 8.42 Å². The van der Waals surface area contributed by atoms with Crippen LogP contribution in [0.1, 0.15) is 20.3 Å². The third-order valence-corrected chi connectivity index (χ3v) is 2.59. The Morgan fingerprint density at radius 3 is 2.50 bits per heavy atom. The van der Waals surface area contributed by atoms with Crippen molar-refractivity contribution < 1.29 is 12.6 Å². The molecule has 4 nitrogen and oxygen atoms in total. The standard InChI is InChI=1S/C5H11NO3S/c1-4-3-5(2)9-10(7,8)6-4/h4-6H,3H2,1-2H3/t4-,5-/m0/s1. The van der Waals surface area contributed by atoms with Gasteiger partial charge in [-0.3, -0.25) is 4.18 Å². The van der Waals surface area contributed by atoms with Gasteiger partial charge in [-0.25, -0.2) is 0 Å². The summed E-state index contributed by atoms with van der Waals surface area (Å²) in [5.41, 5.74) is 0. The van der Waals surface area contributed by atoms with E-state index in [1.165, 1.54) is 0 Å². The van der Waals surface area contributed by atoms with Crippen LogP contribution in [0.15, 0.2) is 0 Å². The highest BCUT2D eigenvalue weighted by molar-refractivity contribution is 7.84. The van der Waals surface area contributed by atoms with E-state index < -0.39 is 10.3 Å². The topological polar surface area (TPSA) is 55.4 Å². The van der Waals surface area contributed by atoms with Crippen molar-refractivity contribution in [1.29, 1.82) is 0 Å². The Kier molecular flexibility index (Phi) is 1.98. The van der Waals surface area contributed by atoms with Crippen LogP contribution in [0, 0.1) is 0 Å². The summed E-state index contributed by atoms with van der Waals surface area (Å²) in [6, 6.07) is -0.00579. The molecule has 2 atom stereocenters. The van der Waals surface area contributed by atoms with Crippen LogP contribution in [-0.4, -0.2) is 20.6 Å². The first-order valence-corrected chi connectivity index (χ1v) is 4.61. The quantitative estimate of drug-likeness (QED) is 0.550. The molecule has 5 heteroatoms. The van der Waals surface area contributed by atoms with Gasteiger partial charge in [0.2, 0.25) is 0 Å². The molecule has 1 fully saturated rings. The molecule has 1 heterocycles. The summed E-state index contributed by atoms with van der Waals surface area (Å²) < 4.78 is 28.4. The Balaban J connectivity index is 2.69. The summed E-state index contributed by atoms with van der Waals surface area (Å²) in [5, 5.41) is 0. The molecule has 0 aromatic heterocycles. The second-order valence-corrected chi connectivity index (χ2v) is 3.95. The zero-order chi connectivity index (χ0) is 7.78. The van der Waals surface area contributed by atoms with E-state index in [1.54, 1.807) is 6.92 Å². The molecule has 1 aliphatic heterocycles. The van der Waals surface area contributed by atoms with E-state index in [4.69, 9.17) is 0 Å².